The predicted molar refractivity (Wildman–Crippen MR) is 158 cm³/mol. The number of amides is 3. The minimum Gasteiger partial charge on any atom is -0.341 e. The van der Waals surface area contributed by atoms with Crippen LogP contribution in [0.5, 0.6) is 0 Å². The molecule has 1 aromatic heterocycles. The van der Waals surface area contributed by atoms with Gasteiger partial charge in [-0.05, 0) is 57.1 Å². The number of aromatic nitrogens is 1. The van der Waals surface area contributed by atoms with Gasteiger partial charge in [0, 0.05) is 17.8 Å². The summed E-state index contributed by atoms with van der Waals surface area (Å²) in [5.74, 6) is -2.25. The molecule has 0 unspecified atom stereocenters. The topological polar surface area (TPSA) is 129 Å². The standard InChI is InChI=1S/C28H33N5O5S.ClH/c1-17-14-30-22-11-7-6-10-20(22)21(17)15-32-23-12-8-9-13-24(23)33(25(34)16-39(5,37)38)19(3)26(28(32)36)31-27(35)18(2)29-4;/h6-14,18-19,26,29H,15-16H2,1-5H3,(H,31,35);1H/t18-,19-,26-;/m0./s1. The number of aryl methyl sites for hydroxylation is 1. The monoisotopic (exact) mass is 587 g/mol. The lowest BCUT2D eigenvalue weighted by atomic mass is 10.0. The van der Waals surface area contributed by atoms with E-state index in [0.717, 1.165) is 28.3 Å². The molecular formula is C28H34ClN5O5S. The molecule has 0 fully saturated rings. The van der Waals surface area contributed by atoms with Gasteiger partial charge in [-0.1, -0.05) is 30.3 Å². The van der Waals surface area contributed by atoms with Gasteiger partial charge in [0.25, 0.3) is 5.91 Å². The number of rotatable bonds is 7. The quantitative estimate of drug-likeness (QED) is 0.434. The molecule has 0 saturated heterocycles. The molecule has 0 bridgehead atoms. The first-order valence-electron chi connectivity index (χ1n) is 12.6. The third kappa shape index (κ3) is 6.27. The normalized spacial score (nSPS) is 18.0. The van der Waals surface area contributed by atoms with E-state index in [-0.39, 0.29) is 19.0 Å². The summed E-state index contributed by atoms with van der Waals surface area (Å²) >= 11 is 0. The van der Waals surface area contributed by atoms with Crippen LogP contribution in [0.4, 0.5) is 11.4 Å². The van der Waals surface area contributed by atoms with E-state index >= 15 is 0 Å². The van der Waals surface area contributed by atoms with Crippen molar-refractivity contribution in [1.82, 2.24) is 15.6 Å². The summed E-state index contributed by atoms with van der Waals surface area (Å²) < 4.78 is 24.2. The Kier molecular flexibility index (Phi) is 9.55. The summed E-state index contributed by atoms with van der Waals surface area (Å²) in [6.07, 6.45) is 2.74. The molecule has 0 aliphatic carbocycles. The zero-order chi connectivity index (χ0) is 28.5. The maximum Gasteiger partial charge on any atom is 0.252 e. The third-order valence-electron chi connectivity index (χ3n) is 7.05. The SMILES string of the molecule is CN[C@@H](C)C(=O)N[C@@H]1C(=O)N(Cc2c(C)cnc3ccccc23)c2ccccc2N(C(=O)CS(C)(=O)=O)[C@H]1C.Cl. The molecule has 40 heavy (non-hydrogen) atoms. The van der Waals surface area contributed by atoms with E-state index in [1.165, 1.54) is 4.90 Å². The number of sulfone groups is 1. The molecule has 0 radical (unpaired) electrons. The van der Waals surface area contributed by atoms with Crippen LogP contribution in [-0.2, 0) is 30.8 Å². The fraction of sp³-hybridized carbons (Fsp3) is 0.357. The largest absolute Gasteiger partial charge is 0.341 e. The smallest absolute Gasteiger partial charge is 0.252 e. The molecule has 2 aromatic carbocycles. The molecule has 2 heterocycles. The lowest BCUT2D eigenvalue weighted by molar-refractivity contribution is -0.129. The van der Waals surface area contributed by atoms with E-state index in [1.807, 2.05) is 31.2 Å². The minimum absolute atomic E-state index is 0. The van der Waals surface area contributed by atoms with Gasteiger partial charge in [0.1, 0.15) is 11.8 Å². The van der Waals surface area contributed by atoms with Gasteiger partial charge in [-0.15, -0.1) is 12.4 Å². The van der Waals surface area contributed by atoms with Crippen LogP contribution in [0, 0.1) is 6.92 Å². The van der Waals surface area contributed by atoms with Crippen LogP contribution in [-0.4, -0.2) is 68.3 Å². The van der Waals surface area contributed by atoms with E-state index in [1.54, 1.807) is 56.3 Å². The Bertz CT molecular complexity index is 1550. The highest BCUT2D eigenvalue weighted by Crippen LogP contribution is 2.37. The predicted octanol–water partition coefficient (Wildman–Crippen LogP) is 2.37. The summed E-state index contributed by atoms with van der Waals surface area (Å²) in [7, 11) is -2.04. The first-order chi connectivity index (χ1) is 18.4. The number of para-hydroxylation sites is 3. The fourth-order valence-electron chi connectivity index (χ4n) is 4.83. The highest BCUT2D eigenvalue weighted by atomic mass is 35.5. The van der Waals surface area contributed by atoms with Crippen LogP contribution in [0.3, 0.4) is 0 Å². The van der Waals surface area contributed by atoms with Crippen LogP contribution in [0.15, 0.2) is 54.7 Å². The number of benzene rings is 2. The summed E-state index contributed by atoms with van der Waals surface area (Å²) in [5, 5.41) is 6.55. The zero-order valence-electron chi connectivity index (χ0n) is 23.0. The lowest BCUT2D eigenvalue weighted by Crippen LogP contribution is -2.60. The Morgan fingerprint density at radius 1 is 1.07 bits per heavy atom. The molecule has 214 valence electrons. The molecule has 3 atom stereocenters. The third-order valence-corrected chi connectivity index (χ3v) is 7.82. The Morgan fingerprint density at radius 3 is 2.35 bits per heavy atom. The molecule has 0 spiro atoms. The van der Waals surface area contributed by atoms with Crippen molar-refractivity contribution >= 4 is 62.2 Å². The minimum atomic E-state index is -3.67. The Morgan fingerprint density at radius 2 is 1.70 bits per heavy atom. The van der Waals surface area contributed by atoms with Crippen molar-refractivity contribution in [2.24, 2.45) is 0 Å². The average molecular weight is 588 g/mol. The lowest BCUT2D eigenvalue weighted by Gasteiger charge is -2.32. The number of hydrogen-bond donors (Lipinski definition) is 2. The van der Waals surface area contributed by atoms with Gasteiger partial charge >= 0.3 is 0 Å². The molecular weight excluding hydrogens is 554 g/mol. The first-order valence-corrected chi connectivity index (χ1v) is 14.7. The molecule has 4 rings (SSSR count). The first kappa shape index (κ1) is 31.0. The molecule has 2 N–H and O–H groups in total. The van der Waals surface area contributed by atoms with Crippen molar-refractivity contribution < 1.29 is 22.8 Å². The van der Waals surface area contributed by atoms with Gasteiger partial charge in [0.2, 0.25) is 11.8 Å². The van der Waals surface area contributed by atoms with Gasteiger partial charge < -0.3 is 20.4 Å². The molecule has 12 heteroatoms. The van der Waals surface area contributed by atoms with Crippen molar-refractivity contribution in [2.45, 2.75) is 45.4 Å². The van der Waals surface area contributed by atoms with Crippen LogP contribution < -0.4 is 20.4 Å². The Labute approximate surface area is 240 Å². The highest BCUT2D eigenvalue weighted by molar-refractivity contribution is 7.91. The van der Waals surface area contributed by atoms with E-state index < -0.39 is 51.4 Å². The number of halogens is 1. The second-order valence-corrected chi connectivity index (χ2v) is 12.1. The number of hydrogen-bond acceptors (Lipinski definition) is 7. The molecule has 1 aliphatic rings. The molecule has 3 aromatic rings. The molecule has 1 aliphatic heterocycles. The van der Waals surface area contributed by atoms with Crippen molar-refractivity contribution in [3.63, 3.8) is 0 Å². The Balaban J connectivity index is 0.00000441. The maximum atomic E-state index is 14.3. The van der Waals surface area contributed by atoms with E-state index in [4.69, 9.17) is 0 Å². The zero-order valence-corrected chi connectivity index (χ0v) is 24.7. The van der Waals surface area contributed by atoms with Gasteiger partial charge in [0.05, 0.1) is 35.5 Å². The summed E-state index contributed by atoms with van der Waals surface area (Å²) in [6.45, 7) is 5.37. The van der Waals surface area contributed by atoms with Crippen LogP contribution in [0.2, 0.25) is 0 Å². The number of pyridine rings is 1. The molecule has 3 amide bonds. The number of nitrogens with one attached hydrogen (secondary N) is 2. The number of likely N-dealkylation sites (N-methyl/N-ethyl adjacent to an activating group) is 1. The molecule has 0 saturated carbocycles. The summed E-state index contributed by atoms with van der Waals surface area (Å²) in [4.78, 5) is 48.1. The van der Waals surface area contributed by atoms with Crippen LogP contribution in [0.1, 0.15) is 25.0 Å². The van der Waals surface area contributed by atoms with E-state index in [9.17, 15) is 22.8 Å². The van der Waals surface area contributed by atoms with Crippen LogP contribution in [0.25, 0.3) is 10.9 Å². The van der Waals surface area contributed by atoms with E-state index in [2.05, 4.69) is 15.6 Å². The maximum absolute atomic E-state index is 14.3. The fourth-order valence-corrected chi connectivity index (χ4v) is 5.42. The van der Waals surface area contributed by atoms with Crippen LogP contribution >= 0.6 is 12.4 Å². The highest BCUT2D eigenvalue weighted by Gasteiger charge is 2.43. The summed E-state index contributed by atoms with van der Waals surface area (Å²) in [5.41, 5.74) is 3.36. The van der Waals surface area contributed by atoms with E-state index in [0.29, 0.717) is 11.4 Å². The van der Waals surface area contributed by atoms with Crippen molar-refractivity contribution in [3.05, 3.63) is 65.9 Å². The van der Waals surface area contributed by atoms with Gasteiger partial charge in [-0.3, -0.25) is 19.4 Å². The number of nitrogens with zero attached hydrogens (tertiary/aromatic N) is 3. The van der Waals surface area contributed by atoms with Crippen molar-refractivity contribution in [1.29, 1.82) is 0 Å². The van der Waals surface area contributed by atoms with Gasteiger partial charge in [0.15, 0.2) is 9.84 Å². The number of carbonyl (C=O) groups is 3. The second kappa shape index (κ2) is 12.3. The second-order valence-electron chi connectivity index (χ2n) is 9.92. The molecule has 10 nitrogen and oxygen atoms in total. The Hall–Kier alpha value is -3.54. The van der Waals surface area contributed by atoms with Crippen molar-refractivity contribution in [2.75, 3.05) is 28.9 Å². The number of fused-ring (bicyclic) bond motifs is 2. The van der Waals surface area contributed by atoms with Crippen molar-refractivity contribution in [3.8, 4) is 0 Å². The van der Waals surface area contributed by atoms with Gasteiger partial charge in [-0.2, -0.15) is 0 Å². The average Bonchev–Trinajstić information content (AvgIpc) is 2.97. The summed E-state index contributed by atoms with van der Waals surface area (Å²) in [6, 6.07) is 11.9. The number of anilines is 2. The number of carbonyl (C=O) groups excluding carboxylic acids is 3. The van der Waals surface area contributed by atoms with Gasteiger partial charge in [-0.25, -0.2) is 8.42 Å².